The van der Waals surface area contributed by atoms with E-state index in [9.17, 15) is 14.4 Å². The van der Waals surface area contributed by atoms with Crippen molar-refractivity contribution in [2.24, 2.45) is 0 Å². The van der Waals surface area contributed by atoms with Crippen LogP contribution in [0.25, 0.3) is 10.2 Å². The molecule has 0 aliphatic carbocycles. The smallest absolute Gasteiger partial charge is 0.349 e. The van der Waals surface area contributed by atoms with Crippen LogP contribution in [-0.4, -0.2) is 35.0 Å². The number of hydrogen-bond donors (Lipinski definition) is 2. The number of aryl methyl sites for hydroxylation is 2. The molecule has 0 aliphatic heterocycles. The van der Waals surface area contributed by atoms with Gasteiger partial charge >= 0.3 is 5.97 Å². The zero-order chi connectivity index (χ0) is 21.1. The van der Waals surface area contributed by atoms with Crippen LogP contribution in [0.4, 0.5) is 0 Å². The predicted octanol–water partition coefficient (Wildman–Crippen LogP) is 3.42. The molecule has 3 aromatic rings. The van der Waals surface area contributed by atoms with Gasteiger partial charge in [-0.25, -0.2) is 9.78 Å². The van der Waals surface area contributed by atoms with E-state index >= 15 is 0 Å². The molecule has 0 unspecified atom stereocenters. The van der Waals surface area contributed by atoms with Gasteiger partial charge in [-0.1, -0.05) is 29.3 Å². The molecule has 3 rings (SSSR count). The molecular formula is C19H17Cl2N3O4S. The molecule has 0 radical (unpaired) electrons. The third kappa shape index (κ3) is 4.95. The maximum Gasteiger partial charge on any atom is 0.349 e. The summed E-state index contributed by atoms with van der Waals surface area (Å²) in [6.45, 7) is 3.22. The van der Waals surface area contributed by atoms with Crippen LogP contribution >= 0.6 is 34.5 Å². The van der Waals surface area contributed by atoms with Crippen LogP contribution in [0.3, 0.4) is 0 Å². The Morgan fingerprint density at radius 1 is 1.28 bits per heavy atom. The van der Waals surface area contributed by atoms with Gasteiger partial charge in [0.1, 0.15) is 15.5 Å². The highest BCUT2D eigenvalue weighted by Gasteiger charge is 2.20. The van der Waals surface area contributed by atoms with Crippen molar-refractivity contribution in [3.8, 4) is 0 Å². The number of nitrogens with zero attached hydrogens (tertiary/aromatic N) is 1. The number of carbonyl (C=O) groups excluding carboxylic acids is 2. The number of thiophene rings is 1. The Labute approximate surface area is 180 Å². The van der Waals surface area contributed by atoms with Crippen LogP contribution in [0.1, 0.15) is 26.6 Å². The van der Waals surface area contributed by atoms with Gasteiger partial charge < -0.3 is 15.0 Å². The number of aromatic nitrogens is 2. The van der Waals surface area contributed by atoms with E-state index < -0.39 is 18.5 Å². The van der Waals surface area contributed by atoms with Gasteiger partial charge in [-0.05, 0) is 43.5 Å². The molecule has 152 valence electrons. The summed E-state index contributed by atoms with van der Waals surface area (Å²) in [6, 6.07) is 5.15. The molecule has 0 bridgehead atoms. The van der Waals surface area contributed by atoms with E-state index in [1.165, 1.54) is 0 Å². The number of carbonyl (C=O) groups is 2. The summed E-state index contributed by atoms with van der Waals surface area (Å²) in [5, 5.41) is 4.09. The Kier molecular flexibility index (Phi) is 6.56. The Morgan fingerprint density at radius 3 is 2.76 bits per heavy atom. The van der Waals surface area contributed by atoms with Crippen molar-refractivity contribution in [1.82, 2.24) is 15.3 Å². The minimum Gasteiger partial charge on any atom is -0.451 e. The van der Waals surface area contributed by atoms with E-state index in [1.807, 2.05) is 0 Å². The average Bonchev–Trinajstić information content (AvgIpc) is 2.98. The van der Waals surface area contributed by atoms with E-state index in [1.54, 1.807) is 32.0 Å². The van der Waals surface area contributed by atoms with Gasteiger partial charge in [-0.2, -0.15) is 0 Å². The molecule has 29 heavy (non-hydrogen) atoms. The molecule has 0 aliphatic rings. The largest absolute Gasteiger partial charge is 0.451 e. The van der Waals surface area contributed by atoms with Gasteiger partial charge in [-0.3, -0.25) is 9.59 Å². The molecule has 1 amide bonds. The molecule has 0 spiro atoms. The third-order valence-electron chi connectivity index (χ3n) is 4.17. The van der Waals surface area contributed by atoms with Crippen molar-refractivity contribution in [2.45, 2.75) is 20.3 Å². The van der Waals surface area contributed by atoms with Gasteiger partial charge in [-0.15, -0.1) is 11.3 Å². The standard InChI is InChI=1S/C19H17Cl2N3O4S/c1-9-15-17(26)23-10(2)24-18(15)29-16(9)19(27)28-8-14(25)22-6-5-11-3-4-12(20)7-13(11)21/h3-4,7H,5-6,8H2,1-2H3,(H,22,25)(H,23,24,26). The topological polar surface area (TPSA) is 101 Å². The van der Waals surface area contributed by atoms with E-state index in [0.717, 1.165) is 16.9 Å². The lowest BCUT2D eigenvalue weighted by Gasteiger charge is -2.08. The van der Waals surface area contributed by atoms with E-state index in [4.69, 9.17) is 27.9 Å². The van der Waals surface area contributed by atoms with Crippen LogP contribution in [-0.2, 0) is 16.0 Å². The highest BCUT2D eigenvalue weighted by atomic mass is 35.5. The van der Waals surface area contributed by atoms with Gasteiger partial charge in [0.15, 0.2) is 6.61 Å². The number of fused-ring (bicyclic) bond motifs is 1. The van der Waals surface area contributed by atoms with Crippen LogP contribution in [0.5, 0.6) is 0 Å². The number of aromatic amines is 1. The molecule has 0 saturated carbocycles. The summed E-state index contributed by atoms with van der Waals surface area (Å²) >= 11 is 13.0. The number of hydrogen-bond acceptors (Lipinski definition) is 6. The molecule has 0 fully saturated rings. The second-order valence-corrected chi connectivity index (χ2v) is 8.14. The summed E-state index contributed by atoms with van der Waals surface area (Å²) in [6.07, 6.45) is 0.513. The van der Waals surface area contributed by atoms with Gasteiger partial charge in [0.05, 0.1) is 5.39 Å². The van der Waals surface area contributed by atoms with Crippen LogP contribution in [0, 0.1) is 13.8 Å². The lowest BCUT2D eigenvalue weighted by atomic mass is 10.1. The van der Waals surface area contributed by atoms with Gasteiger partial charge in [0, 0.05) is 16.6 Å². The third-order valence-corrected chi connectivity index (χ3v) is 5.92. The van der Waals surface area contributed by atoms with Crippen molar-refractivity contribution >= 4 is 56.6 Å². The van der Waals surface area contributed by atoms with Crippen LogP contribution < -0.4 is 10.9 Å². The maximum absolute atomic E-state index is 12.3. The number of benzene rings is 1. The summed E-state index contributed by atoms with van der Waals surface area (Å²) in [5.74, 6) is -0.642. The number of esters is 1. The molecule has 2 aromatic heterocycles. The normalized spacial score (nSPS) is 10.9. The first-order valence-electron chi connectivity index (χ1n) is 8.64. The summed E-state index contributed by atoms with van der Waals surface area (Å²) in [5.41, 5.74) is 1.03. The Bertz CT molecular complexity index is 1160. The van der Waals surface area contributed by atoms with Crippen molar-refractivity contribution in [3.05, 3.63) is 60.4 Å². The molecule has 0 saturated heterocycles. The second kappa shape index (κ2) is 8.94. The Hall–Kier alpha value is -2.42. The first-order valence-corrected chi connectivity index (χ1v) is 10.2. The van der Waals surface area contributed by atoms with Crippen LogP contribution in [0.15, 0.2) is 23.0 Å². The first kappa shape index (κ1) is 21.3. The van der Waals surface area contributed by atoms with E-state index in [2.05, 4.69) is 15.3 Å². The van der Waals surface area contributed by atoms with Gasteiger partial charge in [0.2, 0.25) is 0 Å². The number of ether oxygens (including phenoxy) is 1. The molecule has 0 atom stereocenters. The Balaban J connectivity index is 1.56. The van der Waals surface area contributed by atoms with E-state index in [-0.39, 0.29) is 10.4 Å². The SMILES string of the molecule is Cc1nc2sc(C(=O)OCC(=O)NCCc3ccc(Cl)cc3Cl)c(C)c2c(=O)[nH]1. The lowest BCUT2D eigenvalue weighted by Crippen LogP contribution is -2.30. The highest BCUT2D eigenvalue weighted by Crippen LogP contribution is 2.27. The van der Waals surface area contributed by atoms with Crippen molar-refractivity contribution < 1.29 is 14.3 Å². The van der Waals surface area contributed by atoms with Crippen molar-refractivity contribution in [1.29, 1.82) is 0 Å². The fourth-order valence-corrected chi connectivity index (χ4v) is 4.38. The summed E-state index contributed by atoms with van der Waals surface area (Å²) in [4.78, 5) is 43.9. The zero-order valence-corrected chi connectivity index (χ0v) is 17.9. The first-order chi connectivity index (χ1) is 13.8. The van der Waals surface area contributed by atoms with E-state index in [0.29, 0.717) is 44.6 Å². The second-order valence-electron chi connectivity index (χ2n) is 6.30. The molecular weight excluding hydrogens is 437 g/mol. The van der Waals surface area contributed by atoms with Gasteiger partial charge in [0.25, 0.3) is 11.5 Å². The molecule has 1 aromatic carbocycles. The number of nitrogens with one attached hydrogen (secondary N) is 2. The quantitative estimate of drug-likeness (QED) is 0.556. The molecule has 2 heterocycles. The minimum atomic E-state index is -0.668. The van der Waals surface area contributed by atoms with Crippen molar-refractivity contribution in [2.75, 3.05) is 13.2 Å². The number of rotatable bonds is 6. The Morgan fingerprint density at radius 2 is 2.03 bits per heavy atom. The van der Waals surface area contributed by atoms with Crippen molar-refractivity contribution in [3.63, 3.8) is 0 Å². The monoisotopic (exact) mass is 453 g/mol. The molecule has 7 nitrogen and oxygen atoms in total. The fraction of sp³-hybridized carbons (Fsp3) is 0.263. The molecule has 10 heteroatoms. The summed E-state index contributed by atoms with van der Waals surface area (Å²) < 4.78 is 5.09. The highest BCUT2D eigenvalue weighted by molar-refractivity contribution is 7.20. The minimum absolute atomic E-state index is 0.254. The zero-order valence-electron chi connectivity index (χ0n) is 15.6. The lowest BCUT2D eigenvalue weighted by molar-refractivity contribution is -0.124. The number of H-pyrrole nitrogens is 1. The number of amides is 1. The number of halogens is 2. The van der Waals surface area contributed by atoms with Crippen LogP contribution in [0.2, 0.25) is 10.0 Å². The maximum atomic E-state index is 12.3. The fourth-order valence-electron chi connectivity index (χ4n) is 2.75. The summed E-state index contributed by atoms with van der Waals surface area (Å²) in [7, 11) is 0. The molecule has 2 N–H and O–H groups in total. The predicted molar refractivity (Wildman–Crippen MR) is 113 cm³/mol. The average molecular weight is 454 g/mol.